The monoisotopic (exact) mass is 218 g/mol. The molecular weight excluding hydrogens is 200 g/mol. The lowest BCUT2D eigenvalue weighted by atomic mass is 10.1. The Morgan fingerprint density at radius 1 is 0.875 bits per heavy atom. The fraction of sp³-hybridized carbons (Fsp3) is 0.143. The van der Waals surface area contributed by atoms with Crippen LogP contribution in [0.2, 0.25) is 0 Å². The molecule has 0 spiro atoms. The lowest BCUT2D eigenvalue weighted by Gasteiger charge is -2.08. The van der Waals surface area contributed by atoms with Crippen LogP contribution in [0.4, 0.5) is 0 Å². The third-order valence-corrected chi connectivity index (χ3v) is 1.83. The molecule has 0 saturated carbocycles. The Morgan fingerprint density at radius 3 is 1.56 bits per heavy atom. The molecule has 0 heterocycles. The van der Waals surface area contributed by atoms with Crippen LogP contribution in [0.15, 0.2) is 63.1 Å². The zero-order chi connectivity index (χ0) is 12.2. The van der Waals surface area contributed by atoms with Gasteiger partial charge < -0.3 is 9.47 Å². The van der Waals surface area contributed by atoms with Crippen molar-refractivity contribution in [1.82, 2.24) is 0 Å². The van der Waals surface area contributed by atoms with Gasteiger partial charge in [0.15, 0.2) is 0 Å². The van der Waals surface area contributed by atoms with Crippen molar-refractivity contribution in [3.63, 3.8) is 0 Å². The van der Waals surface area contributed by atoms with Gasteiger partial charge >= 0.3 is 0 Å². The van der Waals surface area contributed by atoms with Crippen LogP contribution < -0.4 is 0 Å². The highest BCUT2D eigenvalue weighted by atomic mass is 16.5. The molecule has 0 saturated heterocycles. The summed E-state index contributed by atoms with van der Waals surface area (Å²) in [5, 5.41) is 0. The number of rotatable bonds is 6. The predicted molar refractivity (Wildman–Crippen MR) is 67.7 cm³/mol. The Hall–Kier alpha value is -1.96. The molecule has 0 aromatic heterocycles. The van der Waals surface area contributed by atoms with E-state index in [-0.39, 0.29) is 0 Å². The molecule has 0 bridgehead atoms. The smallest absolute Gasteiger partial charge is 0.113 e. The highest BCUT2D eigenvalue weighted by Gasteiger charge is 2.00. The van der Waals surface area contributed by atoms with Gasteiger partial charge in [-0.15, -0.1) is 13.2 Å². The van der Waals surface area contributed by atoms with Gasteiger partial charge in [-0.25, -0.2) is 0 Å². The van der Waals surface area contributed by atoms with E-state index in [9.17, 15) is 0 Å². The van der Waals surface area contributed by atoms with Crippen molar-refractivity contribution >= 4 is 0 Å². The molecule has 0 aliphatic heterocycles. The number of hydrogen-bond donors (Lipinski definition) is 0. The van der Waals surface area contributed by atoms with Crippen molar-refractivity contribution < 1.29 is 9.47 Å². The Labute approximate surface area is 97.5 Å². The Balaban J connectivity index is 0.00000106. The minimum Gasteiger partial charge on any atom is -0.497 e. The van der Waals surface area contributed by atoms with Crippen LogP contribution in [-0.2, 0) is 22.7 Å². The second kappa shape index (κ2) is 9.59. The van der Waals surface area contributed by atoms with E-state index in [2.05, 4.69) is 26.3 Å². The normalized spacial score (nSPS) is 8.25. The maximum Gasteiger partial charge on any atom is 0.113 e. The molecule has 0 unspecified atom stereocenters. The van der Waals surface area contributed by atoms with E-state index in [0.29, 0.717) is 13.2 Å². The number of benzene rings is 1. The molecule has 0 atom stereocenters. The van der Waals surface area contributed by atoms with Crippen LogP contribution in [0.3, 0.4) is 0 Å². The van der Waals surface area contributed by atoms with Crippen LogP contribution >= 0.6 is 0 Å². The van der Waals surface area contributed by atoms with Crippen LogP contribution in [-0.4, -0.2) is 0 Å². The summed E-state index contributed by atoms with van der Waals surface area (Å²) in [6.45, 7) is 14.1. The maximum atomic E-state index is 5.12. The molecule has 1 aromatic carbocycles. The maximum absolute atomic E-state index is 5.12. The lowest BCUT2D eigenvalue weighted by Crippen LogP contribution is -1.95. The highest BCUT2D eigenvalue weighted by molar-refractivity contribution is 5.25. The first kappa shape index (κ1) is 14.0. The number of hydrogen-bond acceptors (Lipinski definition) is 2. The summed E-state index contributed by atoms with van der Waals surface area (Å²) in [7, 11) is 0. The highest BCUT2D eigenvalue weighted by Crippen LogP contribution is 2.11. The van der Waals surface area contributed by atoms with E-state index in [0.717, 1.165) is 11.1 Å². The predicted octanol–water partition coefficient (Wildman–Crippen LogP) is 3.81. The van der Waals surface area contributed by atoms with Crippen LogP contribution in [0.5, 0.6) is 0 Å². The molecule has 0 radical (unpaired) electrons. The molecular formula is C14H18O2. The van der Waals surface area contributed by atoms with Crippen LogP contribution in [0.25, 0.3) is 0 Å². The van der Waals surface area contributed by atoms with Gasteiger partial charge in [0.05, 0.1) is 12.5 Å². The zero-order valence-corrected chi connectivity index (χ0v) is 9.52. The van der Waals surface area contributed by atoms with Crippen molar-refractivity contribution in [3.05, 3.63) is 74.2 Å². The molecule has 0 N–H and O–H groups in total. The molecule has 1 rings (SSSR count). The summed E-state index contributed by atoms with van der Waals surface area (Å²) in [6.07, 6.45) is 2.87. The minimum absolute atomic E-state index is 0.528. The first-order chi connectivity index (χ1) is 7.88. The molecule has 86 valence electrons. The molecule has 1 aromatic rings. The molecule has 16 heavy (non-hydrogen) atoms. The van der Waals surface area contributed by atoms with Gasteiger partial charge in [-0.3, -0.25) is 0 Å². The van der Waals surface area contributed by atoms with Gasteiger partial charge in [0, 0.05) is 0 Å². The third-order valence-electron chi connectivity index (χ3n) is 1.83. The van der Waals surface area contributed by atoms with Gasteiger partial charge in [-0.1, -0.05) is 37.4 Å². The Bertz CT molecular complexity index is 287. The summed E-state index contributed by atoms with van der Waals surface area (Å²) in [4.78, 5) is 0. The van der Waals surface area contributed by atoms with E-state index in [1.807, 2.05) is 24.3 Å². The summed E-state index contributed by atoms with van der Waals surface area (Å²) in [6, 6.07) is 7.95. The van der Waals surface area contributed by atoms with Crippen molar-refractivity contribution in [2.75, 3.05) is 0 Å². The summed E-state index contributed by atoms with van der Waals surface area (Å²) in [5.74, 6) is 0. The summed E-state index contributed by atoms with van der Waals surface area (Å²) < 4.78 is 10.2. The zero-order valence-electron chi connectivity index (χ0n) is 9.52. The summed E-state index contributed by atoms with van der Waals surface area (Å²) in [5.41, 5.74) is 2.21. The van der Waals surface area contributed by atoms with Crippen LogP contribution in [0.1, 0.15) is 11.1 Å². The number of ether oxygens (including phenoxy) is 2. The van der Waals surface area contributed by atoms with Gasteiger partial charge in [-0.05, 0) is 11.1 Å². The van der Waals surface area contributed by atoms with Crippen molar-refractivity contribution in [2.45, 2.75) is 13.2 Å². The van der Waals surface area contributed by atoms with E-state index in [1.165, 1.54) is 12.5 Å². The Morgan fingerprint density at radius 2 is 1.25 bits per heavy atom. The molecule has 2 heteroatoms. The average Bonchev–Trinajstić information content (AvgIpc) is 2.37. The molecule has 0 fully saturated rings. The van der Waals surface area contributed by atoms with Crippen molar-refractivity contribution in [3.8, 4) is 0 Å². The molecule has 0 aliphatic rings. The van der Waals surface area contributed by atoms with Crippen molar-refractivity contribution in [2.24, 2.45) is 0 Å². The minimum atomic E-state index is 0.528. The second-order valence-electron chi connectivity index (χ2n) is 2.72. The SMILES string of the molecule is C=C.C=COCc1ccccc1COC=C. The van der Waals surface area contributed by atoms with Gasteiger partial charge in [0.2, 0.25) is 0 Å². The largest absolute Gasteiger partial charge is 0.497 e. The van der Waals surface area contributed by atoms with E-state index < -0.39 is 0 Å². The lowest BCUT2D eigenvalue weighted by molar-refractivity contribution is 0.219. The Kier molecular flexibility index (Phi) is 8.41. The molecule has 0 aliphatic carbocycles. The average molecular weight is 218 g/mol. The summed E-state index contributed by atoms with van der Waals surface area (Å²) >= 11 is 0. The third kappa shape index (κ3) is 5.05. The molecule has 0 amide bonds. The fourth-order valence-corrected chi connectivity index (χ4v) is 1.14. The fourth-order valence-electron chi connectivity index (χ4n) is 1.14. The van der Waals surface area contributed by atoms with Crippen LogP contribution in [0, 0.1) is 0 Å². The quantitative estimate of drug-likeness (QED) is 0.534. The first-order valence-corrected chi connectivity index (χ1v) is 4.90. The first-order valence-electron chi connectivity index (χ1n) is 4.90. The van der Waals surface area contributed by atoms with Gasteiger partial charge in [0.1, 0.15) is 13.2 Å². The van der Waals surface area contributed by atoms with E-state index in [1.54, 1.807) is 0 Å². The standard InChI is InChI=1S/C12H14O2.C2H4/c1-3-13-9-11-7-5-6-8-12(11)10-14-4-2;1-2/h3-8H,1-2,9-10H2;1-2H2. The second-order valence-corrected chi connectivity index (χ2v) is 2.72. The van der Waals surface area contributed by atoms with Crippen molar-refractivity contribution in [1.29, 1.82) is 0 Å². The van der Waals surface area contributed by atoms with E-state index in [4.69, 9.17) is 9.47 Å². The van der Waals surface area contributed by atoms with Gasteiger partial charge in [0.25, 0.3) is 0 Å². The van der Waals surface area contributed by atoms with E-state index >= 15 is 0 Å². The topological polar surface area (TPSA) is 18.5 Å². The molecule has 2 nitrogen and oxygen atoms in total. The van der Waals surface area contributed by atoms with Gasteiger partial charge in [-0.2, -0.15) is 0 Å².